The molecule has 0 atom stereocenters. The molecule has 0 aromatic carbocycles. The van der Waals surface area contributed by atoms with E-state index < -0.39 is 10.1 Å². The van der Waals surface area contributed by atoms with E-state index in [9.17, 15) is 8.42 Å². The summed E-state index contributed by atoms with van der Waals surface area (Å²) in [5.41, 5.74) is 7.34. The van der Waals surface area contributed by atoms with E-state index in [4.69, 9.17) is 10.3 Å². The summed E-state index contributed by atoms with van der Waals surface area (Å²) in [5.74, 6) is 0.469. The molecule has 0 bridgehead atoms. The summed E-state index contributed by atoms with van der Waals surface area (Å²) in [7, 11) is -3.67. The quantitative estimate of drug-likeness (QED) is 0.753. The monoisotopic (exact) mass is 299 g/mol. The highest BCUT2D eigenvalue weighted by Crippen LogP contribution is 2.31. The fourth-order valence-electron chi connectivity index (χ4n) is 2.32. The molecule has 0 amide bonds. The lowest BCUT2D eigenvalue weighted by atomic mass is 10.2. The van der Waals surface area contributed by atoms with Crippen molar-refractivity contribution in [2.75, 3.05) is 12.0 Å². The molecule has 110 valence electrons. The second-order valence-corrected chi connectivity index (χ2v) is 6.22. The summed E-state index contributed by atoms with van der Waals surface area (Å²) in [5, 5.41) is 0. The normalized spacial score (nSPS) is 16.1. The molecule has 0 radical (unpaired) electrons. The Hall–Kier alpha value is -1.74. The van der Waals surface area contributed by atoms with Gasteiger partial charge in [-0.25, -0.2) is 15.0 Å². The van der Waals surface area contributed by atoms with Crippen LogP contribution in [0.1, 0.15) is 31.7 Å². The molecule has 1 fully saturated rings. The van der Waals surface area contributed by atoms with Gasteiger partial charge in [-0.2, -0.15) is 8.42 Å². The number of nitrogens with two attached hydrogens (primary N) is 1. The van der Waals surface area contributed by atoms with Crippen LogP contribution in [0, 0.1) is 0 Å². The maximum Gasteiger partial charge on any atom is 0.261 e. The Morgan fingerprint density at radius 1 is 1.30 bits per heavy atom. The lowest BCUT2D eigenvalue weighted by Crippen LogP contribution is -2.04. The van der Waals surface area contributed by atoms with E-state index in [2.05, 4.69) is 19.5 Å². The van der Waals surface area contributed by atoms with Gasteiger partial charge in [0.2, 0.25) is 0 Å². The van der Waals surface area contributed by atoms with Crippen LogP contribution in [-0.4, -0.2) is 38.7 Å². The van der Waals surface area contributed by atoms with E-state index in [0.717, 1.165) is 11.2 Å². The van der Waals surface area contributed by atoms with Gasteiger partial charge >= 0.3 is 0 Å². The zero-order chi connectivity index (χ0) is 14.8. The SMILES string of the molecule is CS(=O)(=O)O.Nc1ncnc2c1ncn2C1CCCC1. The van der Waals surface area contributed by atoms with Crippen molar-refractivity contribution in [3.63, 3.8) is 0 Å². The number of aromatic nitrogens is 4. The Bertz CT molecular complexity index is 683. The zero-order valence-electron chi connectivity index (χ0n) is 11.1. The molecule has 0 spiro atoms. The number of rotatable bonds is 1. The molecule has 0 saturated heterocycles. The van der Waals surface area contributed by atoms with Gasteiger partial charge in [0.25, 0.3) is 10.1 Å². The van der Waals surface area contributed by atoms with Crippen LogP contribution < -0.4 is 5.73 Å². The molecule has 2 heterocycles. The molecule has 3 N–H and O–H groups in total. The average molecular weight is 299 g/mol. The molecular formula is C11H17N5O3S. The Labute approximate surface area is 116 Å². The van der Waals surface area contributed by atoms with Crippen LogP contribution in [0.5, 0.6) is 0 Å². The Kier molecular flexibility index (Phi) is 4.19. The van der Waals surface area contributed by atoms with Crippen LogP contribution in [0.25, 0.3) is 11.2 Å². The standard InChI is InChI=1S/C10H13N5.CH4O3S/c11-9-8-10(13-5-12-9)15(6-14-8)7-3-1-2-4-7;1-5(2,3)4/h5-7H,1-4H2,(H2,11,12,13);1H3,(H,2,3,4). The smallest absolute Gasteiger partial charge is 0.261 e. The summed E-state index contributed by atoms with van der Waals surface area (Å²) < 4.78 is 28.0. The van der Waals surface area contributed by atoms with Crippen molar-refractivity contribution in [2.24, 2.45) is 0 Å². The van der Waals surface area contributed by atoms with E-state index >= 15 is 0 Å². The van der Waals surface area contributed by atoms with Crippen molar-refractivity contribution in [3.8, 4) is 0 Å². The highest BCUT2D eigenvalue weighted by atomic mass is 32.2. The Morgan fingerprint density at radius 2 is 1.90 bits per heavy atom. The van der Waals surface area contributed by atoms with E-state index in [1.807, 2.05) is 6.33 Å². The summed E-state index contributed by atoms with van der Waals surface area (Å²) in [4.78, 5) is 12.5. The van der Waals surface area contributed by atoms with Crippen LogP contribution >= 0.6 is 0 Å². The fraction of sp³-hybridized carbons (Fsp3) is 0.545. The predicted octanol–water partition coefficient (Wildman–Crippen LogP) is 1.03. The third-order valence-corrected chi connectivity index (χ3v) is 3.11. The van der Waals surface area contributed by atoms with Gasteiger partial charge in [-0.3, -0.25) is 4.55 Å². The highest BCUT2D eigenvalue weighted by molar-refractivity contribution is 7.85. The first kappa shape index (κ1) is 14.7. The maximum atomic E-state index is 9.19. The van der Waals surface area contributed by atoms with E-state index in [-0.39, 0.29) is 0 Å². The summed E-state index contributed by atoms with van der Waals surface area (Å²) in [6.07, 6.45) is 9.09. The molecule has 8 nitrogen and oxygen atoms in total. The van der Waals surface area contributed by atoms with Crippen LogP contribution in [0.3, 0.4) is 0 Å². The van der Waals surface area contributed by atoms with Gasteiger partial charge in [0.05, 0.1) is 12.6 Å². The Morgan fingerprint density at radius 3 is 2.50 bits per heavy atom. The van der Waals surface area contributed by atoms with Gasteiger partial charge < -0.3 is 10.3 Å². The minimum absolute atomic E-state index is 0.469. The van der Waals surface area contributed by atoms with E-state index in [0.29, 0.717) is 18.1 Å². The molecule has 3 rings (SSSR count). The van der Waals surface area contributed by atoms with Crippen LogP contribution in [0.2, 0.25) is 0 Å². The zero-order valence-corrected chi connectivity index (χ0v) is 11.9. The van der Waals surface area contributed by atoms with Gasteiger partial charge in [-0.05, 0) is 12.8 Å². The van der Waals surface area contributed by atoms with Gasteiger partial charge in [-0.1, -0.05) is 12.8 Å². The van der Waals surface area contributed by atoms with Crippen molar-refractivity contribution >= 4 is 27.1 Å². The Balaban J connectivity index is 0.000000257. The van der Waals surface area contributed by atoms with Crippen molar-refractivity contribution in [3.05, 3.63) is 12.7 Å². The second kappa shape index (κ2) is 5.71. The number of nitrogen functional groups attached to an aromatic ring is 1. The molecule has 20 heavy (non-hydrogen) atoms. The van der Waals surface area contributed by atoms with Gasteiger partial charge in [0, 0.05) is 6.04 Å². The minimum atomic E-state index is -3.67. The van der Waals surface area contributed by atoms with Crippen LogP contribution in [0.15, 0.2) is 12.7 Å². The predicted molar refractivity (Wildman–Crippen MR) is 74.7 cm³/mol. The summed E-state index contributed by atoms with van der Waals surface area (Å²) in [6.45, 7) is 0. The van der Waals surface area contributed by atoms with Crippen LogP contribution in [-0.2, 0) is 10.1 Å². The number of nitrogens with zero attached hydrogens (tertiary/aromatic N) is 4. The minimum Gasteiger partial charge on any atom is -0.382 e. The molecule has 0 aliphatic heterocycles. The van der Waals surface area contributed by atoms with Gasteiger partial charge in [0.1, 0.15) is 11.8 Å². The first-order valence-electron chi connectivity index (χ1n) is 6.21. The molecule has 0 unspecified atom stereocenters. The van der Waals surface area contributed by atoms with Crippen molar-refractivity contribution in [1.29, 1.82) is 0 Å². The third kappa shape index (κ3) is 3.64. The lowest BCUT2D eigenvalue weighted by molar-refractivity contribution is 0.490. The topological polar surface area (TPSA) is 124 Å². The first-order chi connectivity index (χ1) is 9.36. The van der Waals surface area contributed by atoms with Gasteiger partial charge in [-0.15, -0.1) is 0 Å². The molecule has 1 aliphatic rings. The molecule has 2 aromatic rings. The molecule has 9 heteroatoms. The number of anilines is 1. The highest BCUT2D eigenvalue weighted by Gasteiger charge is 2.19. The third-order valence-electron chi connectivity index (χ3n) is 3.11. The molecule has 1 aliphatic carbocycles. The number of hydrogen-bond acceptors (Lipinski definition) is 6. The molecule has 2 aromatic heterocycles. The number of fused-ring (bicyclic) bond motifs is 1. The number of imidazole rings is 1. The van der Waals surface area contributed by atoms with Crippen LogP contribution in [0.4, 0.5) is 5.82 Å². The molecule has 1 saturated carbocycles. The van der Waals surface area contributed by atoms with E-state index in [1.165, 1.54) is 32.0 Å². The molecular weight excluding hydrogens is 282 g/mol. The first-order valence-corrected chi connectivity index (χ1v) is 8.06. The fourth-order valence-corrected chi connectivity index (χ4v) is 2.32. The van der Waals surface area contributed by atoms with Crippen molar-refractivity contribution < 1.29 is 13.0 Å². The summed E-state index contributed by atoms with van der Waals surface area (Å²) >= 11 is 0. The maximum absolute atomic E-state index is 9.19. The van der Waals surface area contributed by atoms with Gasteiger partial charge in [0.15, 0.2) is 11.5 Å². The van der Waals surface area contributed by atoms with E-state index in [1.54, 1.807) is 0 Å². The lowest BCUT2D eigenvalue weighted by Gasteiger charge is -2.10. The second-order valence-electron chi connectivity index (χ2n) is 4.75. The van der Waals surface area contributed by atoms with Crippen molar-refractivity contribution in [1.82, 2.24) is 19.5 Å². The number of hydrogen-bond donors (Lipinski definition) is 2. The average Bonchev–Trinajstić information content (AvgIpc) is 2.94. The van der Waals surface area contributed by atoms with Crippen molar-refractivity contribution in [2.45, 2.75) is 31.7 Å². The summed E-state index contributed by atoms with van der Waals surface area (Å²) in [6, 6.07) is 0.546. The largest absolute Gasteiger partial charge is 0.382 e.